The van der Waals surface area contributed by atoms with Crippen molar-refractivity contribution in [3.05, 3.63) is 39.9 Å². The van der Waals surface area contributed by atoms with Gasteiger partial charge in [0.15, 0.2) is 0 Å². The first-order valence-corrected chi connectivity index (χ1v) is 8.81. The highest BCUT2D eigenvalue weighted by atomic mass is 16.6. The number of nitrogens with zero attached hydrogens (tertiary/aromatic N) is 3. The van der Waals surface area contributed by atoms with Crippen LogP contribution in [0.1, 0.15) is 38.2 Å². The Labute approximate surface area is 138 Å². The van der Waals surface area contributed by atoms with Crippen molar-refractivity contribution in [3.63, 3.8) is 0 Å². The Morgan fingerprint density at radius 3 is 2.70 bits per heavy atom. The first-order chi connectivity index (χ1) is 11.1. The molecule has 1 aliphatic carbocycles. The third-order valence-corrected chi connectivity index (χ3v) is 5.36. The van der Waals surface area contributed by atoms with E-state index in [9.17, 15) is 10.1 Å². The van der Waals surface area contributed by atoms with Crippen molar-refractivity contribution in [1.82, 2.24) is 9.80 Å². The van der Waals surface area contributed by atoms with E-state index in [1.54, 1.807) is 18.2 Å². The van der Waals surface area contributed by atoms with Crippen molar-refractivity contribution in [2.24, 2.45) is 5.92 Å². The van der Waals surface area contributed by atoms with Gasteiger partial charge in [0.25, 0.3) is 5.69 Å². The van der Waals surface area contributed by atoms with Crippen LogP contribution in [0.4, 0.5) is 5.69 Å². The molecule has 5 heteroatoms. The molecule has 2 aliphatic rings. The largest absolute Gasteiger partial charge is 0.298 e. The maximum Gasteiger partial charge on any atom is 0.269 e. The molecule has 0 N–H and O–H groups in total. The summed E-state index contributed by atoms with van der Waals surface area (Å²) in [5.41, 5.74) is 1.23. The Morgan fingerprint density at radius 1 is 1.22 bits per heavy atom. The van der Waals surface area contributed by atoms with Gasteiger partial charge in [0.1, 0.15) is 0 Å². The first kappa shape index (κ1) is 16.4. The summed E-state index contributed by atoms with van der Waals surface area (Å²) in [7, 11) is 0. The highest BCUT2D eigenvalue weighted by Crippen LogP contribution is 2.28. The number of rotatable bonds is 4. The van der Waals surface area contributed by atoms with Crippen LogP contribution in [0.2, 0.25) is 0 Å². The summed E-state index contributed by atoms with van der Waals surface area (Å²) in [6.45, 7) is 7.58. The van der Waals surface area contributed by atoms with Crippen molar-refractivity contribution >= 4 is 5.69 Å². The molecular formula is C18H27N3O2. The molecule has 2 atom stereocenters. The summed E-state index contributed by atoms with van der Waals surface area (Å²) < 4.78 is 0. The number of benzene rings is 1. The van der Waals surface area contributed by atoms with Crippen molar-refractivity contribution in [1.29, 1.82) is 0 Å². The molecule has 2 unspecified atom stereocenters. The lowest BCUT2D eigenvalue weighted by Gasteiger charge is -2.42. The van der Waals surface area contributed by atoms with Crippen molar-refractivity contribution in [2.45, 2.75) is 45.2 Å². The minimum absolute atomic E-state index is 0.192. The van der Waals surface area contributed by atoms with Crippen molar-refractivity contribution in [3.8, 4) is 0 Å². The predicted octanol–water partition coefficient (Wildman–Crippen LogP) is 3.29. The van der Waals surface area contributed by atoms with E-state index in [-0.39, 0.29) is 10.6 Å². The van der Waals surface area contributed by atoms with Gasteiger partial charge < -0.3 is 0 Å². The number of hydrogen-bond donors (Lipinski definition) is 0. The first-order valence-electron chi connectivity index (χ1n) is 8.81. The molecule has 0 radical (unpaired) electrons. The minimum atomic E-state index is -0.314. The summed E-state index contributed by atoms with van der Waals surface area (Å²) in [4.78, 5) is 15.6. The van der Waals surface area contributed by atoms with Crippen LogP contribution >= 0.6 is 0 Å². The van der Waals surface area contributed by atoms with E-state index in [1.807, 2.05) is 6.07 Å². The van der Waals surface area contributed by atoms with Gasteiger partial charge in [-0.05, 0) is 24.3 Å². The van der Waals surface area contributed by atoms with E-state index in [4.69, 9.17) is 0 Å². The quantitative estimate of drug-likeness (QED) is 0.631. The molecule has 1 aliphatic heterocycles. The van der Waals surface area contributed by atoms with Gasteiger partial charge in [0.05, 0.1) is 4.92 Å². The zero-order valence-corrected chi connectivity index (χ0v) is 14.0. The van der Waals surface area contributed by atoms with Gasteiger partial charge in [-0.25, -0.2) is 0 Å². The Bertz CT molecular complexity index is 541. The number of nitro benzene ring substituents is 1. The normalized spacial score (nSPS) is 27.0. The van der Waals surface area contributed by atoms with Crippen LogP contribution in [-0.2, 0) is 6.54 Å². The lowest BCUT2D eigenvalue weighted by atomic mass is 9.86. The monoisotopic (exact) mass is 317 g/mol. The fraction of sp³-hybridized carbons (Fsp3) is 0.667. The van der Waals surface area contributed by atoms with E-state index in [2.05, 4.69) is 16.7 Å². The summed E-state index contributed by atoms with van der Waals surface area (Å²) in [6.07, 6.45) is 5.48. The Hall–Kier alpha value is -1.46. The fourth-order valence-corrected chi connectivity index (χ4v) is 4.05. The Morgan fingerprint density at radius 2 is 2.00 bits per heavy atom. The van der Waals surface area contributed by atoms with Gasteiger partial charge >= 0.3 is 0 Å². The molecular weight excluding hydrogens is 290 g/mol. The topological polar surface area (TPSA) is 49.6 Å². The number of hydrogen-bond acceptors (Lipinski definition) is 4. The van der Waals surface area contributed by atoms with E-state index >= 15 is 0 Å². The van der Waals surface area contributed by atoms with Gasteiger partial charge in [-0.2, -0.15) is 0 Å². The van der Waals surface area contributed by atoms with Gasteiger partial charge in [-0.3, -0.25) is 19.9 Å². The standard InChI is InChI=1S/C18H27N3O2/c1-15-4-2-6-17(12-15)20-10-8-19(9-11-20)14-16-5-3-7-18(13-16)21(22)23/h3,5,7,13,15,17H,2,4,6,8-12,14H2,1H3. The Balaban J connectivity index is 1.51. The second kappa shape index (κ2) is 7.41. The second-order valence-corrected chi connectivity index (χ2v) is 7.16. The molecule has 23 heavy (non-hydrogen) atoms. The SMILES string of the molecule is CC1CCCC(N2CCN(Cc3cccc([N+](=O)[O-])c3)CC2)C1. The average Bonchev–Trinajstić information content (AvgIpc) is 2.56. The van der Waals surface area contributed by atoms with E-state index < -0.39 is 0 Å². The van der Waals surface area contributed by atoms with E-state index in [1.165, 1.54) is 25.7 Å². The van der Waals surface area contributed by atoms with Gasteiger partial charge in [-0.15, -0.1) is 0 Å². The third-order valence-electron chi connectivity index (χ3n) is 5.36. The molecule has 1 aromatic rings. The fourth-order valence-electron chi connectivity index (χ4n) is 4.05. The van der Waals surface area contributed by atoms with Crippen molar-refractivity contribution in [2.75, 3.05) is 26.2 Å². The minimum Gasteiger partial charge on any atom is -0.298 e. The summed E-state index contributed by atoms with van der Waals surface area (Å²) in [5.74, 6) is 0.872. The van der Waals surface area contributed by atoms with Crippen LogP contribution in [0.25, 0.3) is 0 Å². The van der Waals surface area contributed by atoms with Crippen LogP contribution in [0.5, 0.6) is 0 Å². The van der Waals surface area contributed by atoms with Crippen molar-refractivity contribution < 1.29 is 4.92 Å². The maximum absolute atomic E-state index is 10.9. The molecule has 0 spiro atoms. The molecule has 1 heterocycles. The second-order valence-electron chi connectivity index (χ2n) is 7.16. The van der Waals surface area contributed by atoms with E-state index in [0.717, 1.165) is 50.2 Å². The van der Waals surface area contributed by atoms with Crippen LogP contribution in [0.3, 0.4) is 0 Å². The smallest absolute Gasteiger partial charge is 0.269 e. The zero-order valence-electron chi connectivity index (χ0n) is 14.0. The lowest BCUT2D eigenvalue weighted by Crippen LogP contribution is -2.50. The highest BCUT2D eigenvalue weighted by Gasteiger charge is 2.27. The molecule has 5 nitrogen and oxygen atoms in total. The van der Waals surface area contributed by atoms with Gasteiger partial charge in [-0.1, -0.05) is 31.9 Å². The number of piperazine rings is 1. The van der Waals surface area contributed by atoms with Crippen LogP contribution in [0, 0.1) is 16.0 Å². The molecule has 3 rings (SSSR count). The molecule has 0 amide bonds. The molecule has 126 valence electrons. The van der Waals surface area contributed by atoms with Crippen LogP contribution in [0.15, 0.2) is 24.3 Å². The summed E-state index contributed by atoms with van der Waals surface area (Å²) >= 11 is 0. The zero-order chi connectivity index (χ0) is 16.2. The van der Waals surface area contributed by atoms with Gasteiger partial charge in [0.2, 0.25) is 0 Å². The molecule has 1 saturated carbocycles. The van der Waals surface area contributed by atoms with Gasteiger partial charge in [0, 0.05) is 50.9 Å². The highest BCUT2D eigenvalue weighted by molar-refractivity contribution is 5.34. The Kier molecular flexibility index (Phi) is 5.28. The lowest BCUT2D eigenvalue weighted by molar-refractivity contribution is -0.384. The molecule has 1 aromatic carbocycles. The average molecular weight is 317 g/mol. The molecule has 0 aromatic heterocycles. The predicted molar refractivity (Wildman–Crippen MR) is 91.4 cm³/mol. The van der Waals surface area contributed by atoms with E-state index in [0.29, 0.717) is 0 Å². The summed E-state index contributed by atoms with van der Waals surface area (Å²) in [5, 5.41) is 10.9. The summed E-state index contributed by atoms with van der Waals surface area (Å²) in [6, 6.07) is 7.81. The molecule has 0 bridgehead atoms. The number of nitro groups is 1. The third kappa shape index (κ3) is 4.30. The van der Waals surface area contributed by atoms with Crippen LogP contribution in [-0.4, -0.2) is 46.9 Å². The maximum atomic E-state index is 10.9. The van der Waals surface area contributed by atoms with Crippen LogP contribution < -0.4 is 0 Å². The molecule has 2 fully saturated rings. The number of non-ortho nitro benzene ring substituents is 1. The molecule has 1 saturated heterocycles.